The number of benzene rings is 2. The van der Waals surface area contributed by atoms with Crippen LogP contribution in [0.25, 0.3) is 0 Å². The minimum absolute atomic E-state index is 0.118. The van der Waals surface area contributed by atoms with E-state index in [1.165, 1.54) is 16.7 Å². The van der Waals surface area contributed by atoms with Crippen molar-refractivity contribution in [2.45, 2.75) is 11.7 Å². The van der Waals surface area contributed by atoms with Gasteiger partial charge in [-0.05, 0) is 48.5 Å². The first-order chi connectivity index (χ1) is 12.5. The van der Waals surface area contributed by atoms with E-state index in [1.54, 1.807) is 43.4 Å². The van der Waals surface area contributed by atoms with Crippen molar-refractivity contribution in [3.05, 3.63) is 58.6 Å². The molecule has 1 aliphatic heterocycles. The predicted octanol–water partition coefficient (Wildman–Crippen LogP) is 4.46. The van der Waals surface area contributed by atoms with Crippen LogP contribution >= 0.6 is 35.0 Å². The minimum Gasteiger partial charge on any atom is -0.335 e. The molecule has 2 aromatic rings. The molecule has 1 heterocycles. The molecule has 2 amide bonds. The Morgan fingerprint density at radius 1 is 1.08 bits per heavy atom. The summed E-state index contributed by atoms with van der Waals surface area (Å²) in [7, 11) is 1.63. The third kappa shape index (κ3) is 4.20. The second-order valence-electron chi connectivity index (χ2n) is 5.52. The average molecular weight is 408 g/mol. The highest BCUT2D eigenvalue weighted by Crippen LogP contribution is 2.31. The zero-order chi connectivity index (χ0) is 18.7. The van der Waals surface area contributed by atoms with Crippen LogP contribution in [0.2, 0.25) is 10.0 Å². The van der Waals surface area contributed by atoms with Gasteiger partial charge in [0.2, 0.25) is 11.8 Å². The third-order valence-electron chi connectivity index (χ3n) is 3.74. The lowest BCUT2D eigenvalue weighted by Crippen LogP contribution is -2.31. The fraction of sp³-hybridized carbons (Fsp3) is 0.167. The summed E-state index contributed by atoms with van der Waals surface area (Å²) in [6.45, 7) is 0. The molecule has 134 valence electrons. The molecule has 0 saturated carbocycles. The Kier molecular flexibility index (Phi) is 5.86. The van der Waals surface area contributed by atoms with Gasteiger partial charge in [0, 0.05) is 29.2 Å². The number of imide groups is 1. The van der Waals surface area contributed by atoms with Crippen molar-refractivity contribution in [2.75, 3.05) is 17.3 Å². The quantitative estimate of drug-likeness (QED) is 0.463. The number of rotatable bonds is 3. The van der Waals surface area contributed by atoms with Crippen LogP contribution in [-0.2, 0) is 9.59 Å². The van der Waals surface area contributed by atoms with Gasteiger partial charge in [-0.25, -0.2) is 4.90 Å². The van der Waals surface area contributed by atoms with Gasteiger partial charge >= 0.3 is 0 Å². The van der Waals surface area contributed by atoms with E-state index < -0.39 is 5.25 Å². The summed E-state index contributed by atoms with van der Waals surface area (Å²) in [5.41, 5.74) is 1.32. The molecule has 0 bridgehead atoms. The van der Waals surface area contributed by atoms with E-state index in [0.717, 1.165) is 5.69 Å². The van der Waals surface area contributed by atoms with Gasteiger partial charge in [-0.3, -0.25) is 14.6 Å². The smallest absolute Gasteiger partial charge is 0.247 e. The Labute approximate surface area is 165 Å². The SMILES string of the molecule is CN=C(Nc1ccc(Cl)cc1)S[C@@H]1CC(=O)N(c2ccc(Cl)cc2)C1=O. The van der Waals surface area contributed by atoms with Crippen LogP contribution in [0.3, 0.4) is 0 Å². The summed E-state index contributed by atoms with van der Waals surface area (Å²) in [5, 5.41) is 4.34. The molecule has 1 N–H and O–H groups in total. The van der Waals surface area contributed by atoms with Crippen LogP contribution in [0.4, 0.5) is 11.4 Å². The molecule has 5 nitrogen and oxygen atoms in total. The molecule has 0 aliphatic carbocycles. The van der Waals surface area contributed by atoms with E-state index in [-0.39, 0.29) is 18.2 Å². The van der Waals surface area contributed by atoms with Gasteiger partial charge in [-0.1, -0.05) is 35.0 Å². The molecule has 0 aromatic heterocycles. The van der Waals surface area contributed by atoms with Crippen molar-refractivity contribution >= 4 is 63.3 Å². The molecule has 2 aromatic carbocycles. The summed E-state index contributed by atoms with van der Waals surface area (Å²) in [6.07, 6.45) is 0.118. The van der Waals surface area contributed by atoms with Gasteiger partial charge in [0.1, 0.15) is 5.25 Å². The largest absolute Gasteiger partial charge is 0.335 e. The number of halogens is 2. The maximum atomic E-state index is 12.7. The number of nitrogens with zero attached hydrogens (tertiary/aromatic N) is 2. The second-order valence-corrected chi connectivity index (χ2v) is 7.58. The number of carbonyl (C=O) groups excluding carboxylic acids is 2. The van der Waals surface area contributed by atoms with Crippen molar-refractivity contribution < 1.29 is 9.59 Å². The van der Waals surface area contributed by atoms with Gasteiger partial charge in [-0.15, -0.1) is 0 Å². The van der Waals surface area contributed by atoms with Gasteiger partial charge in [0.05, 0.1) is 5.69 Å². The van der Waals surface area contributed by atoms with Crippen molar-refractivity contribution in [1.82, 2.24) is 0 Å². The van der Waals surface area contributed by atoms with Crippen LogP contribution in [-0.4, -0.2) is 29.3 Å². The number of amidine groups is 1. The first-order valence-corrected chi connectivity index (χ1v) is 9.40. The highest BCUT2D eigenvalue weighted by Gasteiger charge is 2.40. The number of hydrogen-bond acceptors (Lipinski definition) is 4. The Balaban J connectivity index is 1.71. The summed E-state index contributed by atoms with van der Waals surface area (Å²) in [4.78, 5) is 30.4. The van der Waals surface area contributed by atoms with Crippen molar-refractivity contribution in [2.24, 2.45) is 4.99 Å². The van der Waals surface area contributed by atoms with E-state index in [0.29, 0.717) is 20.9 Å². The molecule has 8 heteroatoms. The summed E-state index contributed by atoms with van der Waals surface area (Å²) in [6, 6.07) is 13.8. The van der Waals surface area contributed by atoms with Gasteiger partial charge in [0.25, 0.3) is 0 Å². The topological polar surface area (TPSA) is 61.8 Å². The fourth-order valence-electron chi connectivity index (χ4n) is 2.49. The van der Waals surface area contributed by atoms with Crippen LogP contribution in [0, 0.1) is 0 Å². The molecule has 3 rings (SSSR count). The molecule has 0 radical (unpaired) electrons. The normalized spacial score (nSPS) is 17.7. The lowest BCUT2D eigenvalue weighted by molar-refractivity contribution is -0.121. The van der Waals surface area contributed by atoms with Gasteiger partial charge < -0.3 is 5.32 Å². The summed E-state index contributed by atoms with van der Waals surface area (Å²) >= 11 is 13.0. The number of carbonyl (C=O) groups is 2. The van der Waals surface area contributed by atoms with E-state index in [4.69, 9.17) is 23.2 Å². The molecular weight excluding hydrogens is 393 g/mol. The summed E-state index contributed by atoms with van der Waals surface area (Å²) in [5.74, 6) is -0.502. The van der Waals surface area contributed by atoms with Crippen LogP contribution in [0.5, 0.6) is 0 Å². The highest BCUT2D eigenvalue weighted by atomic mass is 35.5. The predicted molar refractivity (Wildman–Crippen MR) is 108 cm³/mol. The fourth-order valence-corrected chi connectivity index (χ4v) is 3.72. The third-order valence-corrected chi connectivity index (χ3v) is 5.41. The van der Waals surface area contributed by atoms with Crippen molar-refractivity contribution in [1.29, 1.82) is 0 Å². The molecule has 1 fully saturated rings. The first-order valence-electron chi connectivity index (χ1n) is 7.76. The van der Waals surface area contributed by atoms with E-state index >= 15 is 0 Å². The molecule has 0 spiro atoms. The zero-order valence-corrected chi connectivity index (χ0v) is 16.1. The van der Waals surface area contributed by atoms with E-state index in [9.17, 15) is 9.59 Å². The highest BCUT2D eigenvalue weighted by molar-refractivity contribution is 8.15. The van der Waals surface area contributed by atoms with Gasteiger partial charge in [0.15, 0.2) is 5.17 Å². The number of amides is 2. The number of nitrogens with one attached hydrogen (secondary N) is 1. The Morgan fingerprint density at radius 3 is 2.23 bits per heavy atom. The van der Waals surface area contributed by atoms with Gasteiger partial charge in [-0.2, -0.15) is 0 Å². The monoisotopic (exact) mass is 407 g/mol. The van der Waals surface area contributed by atoms with Crippen LogP contribution < -0.4 is 10.2 Å². The van der Waals surface area contributed by atoms with Crippen molar-refractivity contribution in [3.63, 3.8) is 0 Å². The van der Waals surface area contributed by atoms with Crippen LogP contribution in [0.15, 0.2) is 53.5 Å². The number of hydrogen-bond donors (Lipinski definition) is 1. The van der Waals surface area contributed by atoms with E-state index in [1.807, 2.05) is 12.1 Å². The lowest BCUT2D eigenvalue weighted by atomic mass is 10.3. The Morgan fingerprint density at radius 2 is 1.65 bits per heavy atom. The molecular formula is C18H15Cl2N3O2S. The number of thioether (sulfide) groups is 1. The minimum atomic E-state index is -0.531. The number of anilines is 2. The molecule has 26 heavy (non-hydrogen) atoms. The molecule has 1 atom stereocenters. The Bertz CT molecular complexity index is 854. The zero-order valence-electron chi connectivity index (χ0n) is 13.8. The standard InChI is InChI=1S/C18H15Cl2N3O2S/c1-21-18(22-13-6-2-11(19)3-7-13)26-15-10-16(24)23(17(15)25)14-8-4-12(20)5-9-14/h2-9,15H,10H2,1H3,(H,21,22)/t15-/m1/s1. The molecule has 1 aliphatic rings. The Hall–Kier alpha value is -2.02. The van der Waals surface area contributed by atoms with Crippen molar-refractivity contribution in [3.8, 4) is 0 Å². The number of aliphatic imine (C=N–C) groups is 1. The van der Waals surface area contributed by atoms with E-state index in [2.05, 4.69) is 10.3 Å². The molecule has 0 unspecified atom stereocenters. The lowest BCUT2D eigenvalue weighted by Gasteiger charge is -2.15. The summed E-state index contributed by atoms with van der Waals surface area (Å²) < 4.78 is 0. The second kappa shape index (κ2) is 8.12. The maximum Gasteiger partial charge on any atom is 0.247 e. The molecule has 1 saturated heterocycles. The average Bonchev–Trinajstić information content (AvgIpc) is 2.91. The van der Waals surface area contributed by atoms with Crippen LogP contribution in [0.1, 0.15) is 6.42 Å². The first kappa shape index (κ1) is 18.8. The maximum absolute atomic E-state index is 12.7.